The number of aromatic amines is 1. The van der Waals surface area contributed by atoms with E-state index in [0.717, 1.165) is 42.2 Å². The van der Waals surface area contributed by atoms with E-state index in [2.05, 4.69) is 42.5 Å². The SMILES string of the molecule is COc1ccccc1C(CNc1ncnc2[nH]ncc12)N1CCCC1. The Morgan fingerprint density at radius 3 is 2.92 bits per heavy atom. The molecule has 1 aromatic carbocycles. The van der Waals surface area contributed by atoms with E-state index in [0.29, 0.717) is 0 Å². The summed E-state index contributed by atoms with van der Waals surface area (Å²) in [5.74, 6) is 1.73. The minimum absolute atomic E-state index is 0.232. The Hall–Kier alpha value is -2.67. The fraction of sp³-hybridized carbons (Fsp3) is 0.389. The number of benzene rings is 1. The van der Waals surface area contributed by atoms with Crippen molar-refractivity contribution in [3.8, 4) is 5.75 Å². The molecule has 1 atom stereocenters. The molecule has 1 unspecified atom stereocenters. The quantitative estimate of drug-likeness (QED) is 0.719. The first-order valence-electron chi connectivity index (χ1n) is 8.61. The smallest absolute Gasteiger partial charge is 0.160 e. The maximum atomic E-state index is 5.60. The van der Waals surface area contributed by atoms with Gasteiger partial charge in [-0.2, -0.15) is 5.10 Å². The monoisotopic (exact) mass is 338 g/mol. The number of nitrogens with zero attached hydrogens (tertiary/aromatic N) is 4. The zero-order valence-corrected chi connectivity index (χ0v) is 14.3. The molecule has 4 rings (SSSR count). The number of hydrogen-bond acceptors (Lipinski definition) is 6. The second kappa shape index (κ2) is 7.06. The normalized spacial score (nSPS) is 16.2. The van der Waals surface area contributed by atoms with Gasteiger partial charge in [-0.05, 0) is 32.0 Å². The van der Waals surface area contributed by atoms with Crippen molar-refractivity contribution >= 4 is 16.9 Å². The highest BCUT2D eigenvalue weighted by Crippen LogP contribution is 2.32. The topological polar surface area (TPSA) is 79.0 Å². The highest BCUT2D eigenvalue weighted by atomic mass is 16.5. The fourth-order valence-electron chi connectivity index (χ4n) is 3.53. The minimum Gasteiger partial charge on any atom is -0.496 e. The molecule has 1 aliphatic heterocycles. The number of ether oxygens (including phenoxy) is 1. The van der Waals surface area contributed by atoms with Crippen LogP contribution in [0.25, 0.3) is 11.0 Å². The van der Waals surface area contributed by atoms with Crippen LogP contribution >= 0.6 is 0 Å². The van der Waals surface area contributed by atoms with Crippen molar-refractivity contribution in [3.63, 3.8) is 0 Å². The molecule has 3 aromatic rings. The molecule has 0 bridgehead atoms. The van der Waals surface area contributed by atoms with E-state index < -0.39 is 0 Å². The van der Waals surface area contributed by atoms with Crippen LogP contribution in [-0.4, -0.2) is 51.8 Å². The number of fused-ring (bicyclic) bond motifs is 1. The third kappa shape index (κ3) is 3.15. The predicted molar refractivity (Wildman–Crippen MR) is 96.7 cm³/mol. The lowest BCUT2D eigenvalue weighted by molar-refractivity contribution is 0.249. The summed E-state index contributed by atoms with van der Waals surface area (Å²) in [7, 11) is 1.73. The Kier molecular flexibility index (Phi) is 4.47. The van der Waals surface area contributed by atoms with Gasteiger partial charge in [-0.3, -0.25) is 10.00 Å². The molecular weight excluding hydrogens is 316 g/mol. The van der Waals surface area contributed by atoms with Crippen molar-refractivity contribution in [2.45, 2.75) is 18.9 Å². The molecule has 2 N–H and O–H groups in total. The maximum Gasteiger partial charge on any atom is 0.160 e. The summed E-state index contributed by atoms with van der Waals surface area (Å²) >= 11 is 0. The molecule has 25 heavy (non-hydrogen) atoms. The van der Waals surface area contributed by atoms with Crippen molar-refractivity contribution < 1.29 is 4.74 Å². The van der Waals surface area contributed by atoms with E-state index in [1.54, 1.807) is 19.6 Å². The number of likely N-dealkylation sites (tertiary alicyclic amines) is 1. The highest BCUT2D eigenvalue weighted by molar-refractivity contribution is 5.85. The Bertz CT molecular complexity index is 842. The Morgan fingerprint density at radius 1 is 1.24 bits per heavy atom. The lowest BCUT2D eigenvalue weighted by atomic mass is 10.0. The minimum atomic E-state index is 0.232. The molecule has 0 aliphatic carbocycles. The number of rotatable bonds is 6. The molecule has 3 heterocycles. The van der Waals surface area contributed by atoms with Crippen LogP contribution in [0.5, 0.6) is 5.75 Å². The summed E-state index contributed by atoms with van der Waals surface area (Å²) in [5, 5.41) is 11.3. The van der Waals surface area contributed by atoms with E-state index >= 15 is 0 Å². The second-order valence-corrected chi connectivity index (χ2v) is 6.24. The number of H-pyrrole nitrogens is 1. The first-order valence-corrected chi connectivity index (χ1v) is 8.61. The van der Waals surface area contributed by atoms with Crippen LogP contribution in [0.15, 0.2) is 36.8 Å². The third-order valence-corrected chi connectivity index (χ3v) is 4.79. The van der Waals surface area contributed by atoms with Crippen LogP contribution in [0.1, 0.15) is 24.4 Å². The van der Waals surface area contributed by atoms with Gasteiger partial charge in [0.05, 0.1) is 24.7 Å². The van der Waals surface area contributed by atoms with Crippen molar-refractivity contribution in [1.82, 2.24) is 25.1 Å². The summed E-state index contributed by atoms with van der Waals surface area (Å²) < 4.78 is 5.60. The van der Waals surface area contributed by atoms with E-state index in [1.165, 1.54) is 18.4 Å². The largest absolute Gasteiger partial charge is 0.496 e. The van der Waals surface area contributed by atoms with Crippen LogP contribution in [0, 0.1) is 0 Å². The molecule has 0 saturated carbocycles. The molecular formula is C18H22N6O. The van der Waals surface area contributed by atoms with Crippen LogP contribution in [-0.2, 0) is 0 Å². The molecule has 7 heteroatoms. The standard InChI is InChI=1S/C18H22N6O/c1-25-16-7-3-2-6-13(16)15(24-8-4-5-9-24)11-19-17-14-10-22-23-18(14)21-12-20-17/h2-3,6-7,10,12,15H,4-5,8-9,11H2,1H3,(H2,19,20,21,22,23). The third-order valence-electron chi connectivity index (χ3n) is 4.79. The number of anilines is 1. The van der Waals surface area contributed by atoms with Gasteiger partial charge in [-0.25, -0.2) is 9.97 Å². The number of hydrogen-bond donors (Lipinski definition) is 2. The molecule has 0 radical (unpaired) electrons. The van der Waals surface area contributed by atoms with Gasteiger partial charge in [-0.1, -0.05) is 18.2 Å². The molecule has 1 aliphatic rings. The number of aromatic nitrogens is 4. The van der Waals surface area contributed by atoms with E-state index in [4.69, 9.17) is 4.74 Å². The van der Waals surface area contributed by atoms with Crippen molar-refractivity contribution in [2.75, 3.05) is 32.1 Å². The van der Waals surface area contributed by atoms with Gasteiger partial charge >= 0.3 is 0 Å². The van der Waals surface area contributed by atoms with Gasteiger partial charge in [0.25, 0.3) is 0 Å². The van der Waals surface area contributed by atoms with Gasteiger partial charge in [0.15, 0.2) is 5.65 Å². The summed E-state index contributed by atoms with van der Waals surface area (Å²) in [6, 6.07) is 8.49. The molecule has 130 valence electrons. The Balaban J connectivity index is 1.61. The van der Waals surface area contributed by atoms with E-state index in [1.807, 2.05) is 12.1 Å². The zero-order chi connectivity index (χ0) is 17.1. The number of nitrogens with one attached hydrogen (secondary N) is 2. The lowest BCUT2D eigenvalue weighted by Crippen LogP contribution is -2.31. The Morgan fingerprint density at radius 2 is 2.08 bits per heavy atom. The molecule has 2 aromatic heterocycles. The summed E-state index contributed by atoms with van der Waals surface area (Å²) in [6.07, 6.45) is 5.79. The maximum absolute atomic E-state index is 5.60. The van der Waals surface area contributed by atoms with Crippen molar-refractivity contribution in [3.05, 3.63) is 42.4 Å². The van der Waals surface area contributed by atoms with Gasteiger partial charge in [0, 0.05) is 12.1 Å². The van der Waals surface area contributed by atoms with Gasteiger partial charge in [0.1, 0.15) is 17.9 Å². The van der Waals surface area contributed by atoms with Crippen LogP contribution in [0.2, 0.25) is 0 Å². The molecule has 0 amide bonds. The van der Waals surface area contributed by atoms with E-state index in [-0.39, 0.29) is 6.04 Å². The highest BCUT2D eigenvalue weighted by Gasteiger charge is 2.26. The summed E-state index contributed by atoms with van der Waals surface area (Å²) in [4.78, 5) is 11.1. The van der Waals surface area contributed by atoms with Crippen molar-refractivity contribution in [1.29, 1.82) is 0 Å². The molecule has 1 fully saturated rings. The molecule has 7 nitrogen and oxygen atoms in total. The summed E-state index contributed by atoms with van der Waals surface area (Å²) in [6.45, 7) is 2.96. The zero-order valence-electron chi connectivity index (χ0n) is 14.3. The van der Waals surface area contributed by atoms with Crippen LogP contribution in [0.3, 0.4) is 0 Å². The lowest BCUT2D eigenvalue weighted by Gasteiger charge is -2.29. The average molecular weight is 338 g/mol. The van der Waals surface area contributed by atoms with E-state index in [9.17, 15) is 0 Å². The van der Waals surface area contributed by atoms with Crippen LogP contribution < -0.4 is 10.1 Å². The molecule has 0 spiro atoms. The van der Waals surface area contributed by atoms with Gasteiger partial charge in [-0.15, -0.1) is 0 Å². The number of para-hydroxylation sites is 1. The van der Waals surface area contributed by atoms with Gasteiger partial charge in [0.2, 0.25) is 0 Å². The van der Waals surface area contributed by atoms with Crippen molar-refractivity contribution in [2.24, 2.45) is 0 Å². The molecule has 1 saturated heterocycles. The Labute approximate surface area is 146 Å². The first-order chi connectivity index (χ1) is 12.4. The average Bonchev–Trinajstić information content (AvgIpc) is 3.34. The van der Waals surface area contributed by atoms with Gasteiger partial charge < -0.3 is 10.1 Å². The predicted octanol–water partition coefficient (Wildman–Crippen LogP) is 2.61. The summed E-state index contributed by atoms with van der Waals surface area (Å²) in [5.41, 5.74) is 1.95. The fourth-order valence-corrected chi connectivity index (χ4v) is 3.53. The van der Waals surface area contributed by atoms with Crippen LogP contribution in [0.4, 0.5) is 5.82 Å². The second-order valence-electron chi connectivity index (χ2n) is 6.24. The first kappa shape index (κ1) is 15.8. The number of methoxy groups -OCH3 is 1.